The van der Waals surface area contributed by atoms with E-state index in [-0.39, 0.29) is 30.3 Å². The van der Waals surface area contributed by atoms with E-state index in [2.05, 4.69) is 5.32 Å². The molecule has 1 aromatic heterocycles. The summed E-state index contributed by atoms with van der Waals surface area (Å²) < 4.78 is 11.7. The quantitative estimate of drug-likeness (QED) is 0.296. The SMILES string of the molecule is CN(C)C(=O)[C@@H]1C[C@H](Oc2ccc(C(Cc3occ4cc(C(=N)N)ccc34)C(=O)O)cc2)CN1. The zero-order valence-electron chi connectivity index (χ0n) is 19.1. The molecule has 1 saturated heterocycles. The minimum atomic E-state index is -0.955. The Bertz CT molecular complexity index is 1220. The number of nitrogen functional groups attached to an aromatic ring is 1. The van der Waals surface area contributed by atoms with Gasteiger partial charge in [-0.3, -0.25) is 15.0 Å². The standard InChI is InChI=1S/C25H28N4O5/c1-29(2)24(30)21-10-18(12-28-21)34-17-6-3-14(4-7-17)20(25(31)32)11-22-19-8-5-15(23(26)27)9-16(19)13-33-22/h3-9,13,18,20-21,28H,10-12H2,1-2H3,(H3,26,27)(H,31,32)/t18-,20?,21-/m0/s1. The average Bonchev–Trinajstić information content (AvgIpc) is 3.44. The smallest absolute Gasteiger partial charge is 0.311 e. The summed E-state index contributed by atoms with van der Waals surface area (Å²) in [4.78, 5) is 25.7. The van der Waals surface area contributed by atoms with Crippen LogP contribution in [0, 0.1) is 5.41 Å². The molecule has 3 aromatic rings. The van der Waals surface area contributed by atoms with Gasteiger partial charge in [0.25, 0.3) is 0 Å². The molecule has 178 valence electrons. The zero-order chi connectivity index (χ0) is 24.4. The maximum atomic E-state index is 12.1. The van der Waals surface area contributed by atoms with Gasteiger partial charge >= 0.3 is 5.97 Å². The number of amidine groups is 1. The summed E-state index contributed by atoms with van der Waals surface area (Å²) >= 11 is 0. The molecule has 0 radical (unpaired) electrons. The molecule has 1 fully saturated rings. The second-order valence-corrected chi connectivity index (χ2v) is 8.71. The number of aliphatic carboxylic acids is 1. The van der Waals surface area contributed by atoms with Gasteiger partial charge in [0.15, 0.2) is 0 Å². The maximum Gasteiger partial charge on any atom is 0.311 e. The monoisotopic (exact) mass is 464 g/mol. The highest BCUT2D eigenvalue weighted by molar-refractivity contribution is 5.99. The fourth-order valence-electron chi connectivity index (χ4n) is 4.23. The van der Waals surface area contributed by atoms with Crippen LogP contribution in [0.25, 0.3) is 10.8 Å². The summed E-state index contributed by atoms with van der Waals surface area (Å²) in [5.74, 6) is -0.587. The van der Waals surface area contributed by atoms with Crippen molar-refractivity contribution in [2.24, 2.45) is 5.73 Å². The van der Waals surface area contributed by atoms with Crippen molar-refractivity contribution < 1.29 is 23.8 Å². The minimum absolute atomic E-state index is 0.0220. The van der Waals surface area contributed by atoms with Gasteiger partial charge in [-0.25, -0.2) is 0 Å². The largest absolute Gasteiger partial charge is 0.489 e. The van der Waals surface area contributed by atoms with E-state index in [1.54, 1.807) is 67.7 Å². The second kappa shape index (κ2) is 9.56. The molecule has 3 atom stereocenters. The first-order chi connectivity index (χ1) is 16.2. The van der Waals surface area contributed by atoms with Gasteiger partial charge in [-0.2, -0.15) is 0 Å². The topological polar surface area (TPSA) is 142 Å². The van der Waals surface area contributed by atoms with Crippen LogP contribution in [0.4, 0.5) is 0 Å². The van der Waals surface area contributed by atoms with Crippen molar-refractivity contribution in [3.05, 3.63) is 65.6 Å². The fraction of sp³-hybridized carbons (Fsp3) is 0.320. The third-order valence-electron chi connectivity index (χ3n) is 6.09. The molecule has 1 amide bonds. The van der Waals surface area contributed by atoms with Gasteiger partial charge < -0.3 is 30.2 Å². The lowest BCUT2D eigenvalue weighted by atomic mass is 9.93. The third kappa shape index (κ3) is 4.89. The summed E-state index contributed by atoms with van der Waals surface area (Å²) in [6, 6.07) is 12.0. The lowest BCUT2D eigenvalue weighted by molar-refractivity contribution is -0.138. The predicted molar refractivity (Wildman–Crippen MR) is 127 cm³/mol. The molecule has 1 aliphatic rings. The Labute approximate surface area is 197 Å². The van der Waals surface area contributed by atoms with Crippen LogP contribution in [0.15, 0.2) is 53.1 Å². The van der Waals surface area contributed by atoms with Crippen LogP contribution in [0.5, 0.6) is 5.75 Å². The fourth-order valence-corrected chi connectivity index (χ4v) is 4.23. The van der Waals surface area contributed by atoms with Crippen molar-refractivity contribution in [1.82, 2.24) is 10.2 Å². The van der Waals surface area contributed by atoms with Crippen LogP contribution < -0.4 is 15.8 Å². The number of rotatable bonds is 8. The average molecular weight is 465 g/mol. The Morgan fingerprint density at radius 2 is 2.00 bits per heavy atom. The molecule has 4 rings (SSSR count). The van der Waals surface area contributed by atoms with Crippen molar-refractivity contribution in [3.8, 4) is 5.75 Å². The number of furan rings is 1. The number of likely N-dealkylation sites (N-methyl/N-ethyl adjacent to an activating group) is 1. The molecular weight excluding hydrogens is 436 g/mol. The Hall–Kier alpha value is -3.85. The van der Waals surface area contributed by atoms with Gasteiger partial charge in [0.05, 0.1) is 18.2 Å². The number of carboxylic acids is 1. The number of carbonyl (C=O) groups excluding carboxylic acids is 1. The number of fused-ring (bicyclic) bond motifs is 1. The van der Waals surface area contributed by atoms with Gasteiger partial charge in [-0.15, -0.1) is 0 Å². The van der Waals surface area contributed by atoms with Crippen molar-refractivity contribution in [2.75, 3.05) is 20.6 Å². The molecule has 9 heteroatoms. The molecule has 1 aliphatic heterocycles. The molecular formula is C25H28N4O5. The van der Waals surface area contributed by atoms with Crippen molar-refractivity contribution in [1.29, 1.82) is 5.41 Å². The number of hydrogen-bond acceptors (Lipinski definition) is 6. The summed E-state index contributed by atoms with van der Waals surface area (Å²) in [6.07, 6.45) is 2.17. The normalized spacial score (nSPS) is 18.5. The van der Waals surface area contributed by atoms with E-state index in [4.69, 9.17) is 20.3 Å². The second-order valence-electron chi connectivity index (χ2n) is 8.71. The Morgan fingerprint density at radius 1 is 1.26 bits per heavy atom. The minimum Gasteiger partial charge on any atom is -0.489 e. The Kier molecular flexibility index (Phi) is 6.56. The zero-order valence-corrected chi connectivity index (χ0v) is 19.1. The first kappa shape index (κ1) is 23.3. The van der Waals surface area contributed by atoms with E-state index in [0.717, 1.165) is 10.8 Å². The first-order valence-electron chi connectivity index (χ1n) is 11.0. The predicted octanol–water partition coefficient (Wildman–Crippen LogP) is 2.33. The number of nitrogens with zero attached hydrogens (tertiary/aromatic N) is 1. The molecule has 0 spiro atoms. The number of nitrogens with two attached hydrogens (primary N) is 1. The summed E-state index contributed by atoms with van der Waals surface area (Å²) in [7, 11) is 3.45. The number of carbonyl (C=O) groups is 2. The summed E-state index contributed by atoms with van der Waals surface area (Å²) in [5.41, 5.74) is 6.77. The van der Waals surface area contributed by atoms with Crippen LogP contribution in [0.2, 0.25) is 0 Å². The number of benzene rings is 2. The van der Waals surface area contributed by atoms with Gasteiger partial charge in [0, 0.05) is 49.8 Å². The molecule has 0 aliphatic carbocycles. The highest BCUT2D eigenvalue weighted by Crippen LogP contribution is 2.30. The van der Waals surface area contributed by atoms with E-state index < -0.39 is 11.9 Å². The summed E-state index contributed by atoms with van der Waals surface area (Å²) in [5, 5.41) is 22.2. The van der Waals surface area contributed by atoms with Crippen LogP contribution >= 0.6 is 0 Å². The van der Waals surface area contributed by atoms with Gasteiger partial charge in [-0.1, -0.05) is 24.3 Å². The number of hydrogen-bond donors (Lipinski definition) is 4. The molecule has 2 aromatic carbocycles. The molecule has 1 unspecified atom stereocenters. The van der Waals surface area contributed by atoms with Crippen LogP contribution in [0.3, 0.4) is 0 Å². The molecule has 34 heavy (non-hydrogen) atoms. The van der Waals surface area contributed by atoms with E-state index in [1.165, 1.54) is 0 Å². The highest BCUT2D eigenvalue weighted by Gasteiger charge is 2.31. The molecule has 9 nitrogen and oxygen atoms in total. The number of ether oxygens (including phenoxy) is 1. The molecule has 0 saturated carbocycles. The maximum absolute atomic E-state index is 12.1. The first-order valence-corrected chi connectivity index (χ1v) is 11.0. The van der Waals surface area contributed by atoms with Gasteiger partial charge in [-0.05, 0) is 23.8 Å². The van der Waals surface area contributed by atoms with Gasteiger partial charge in [0.1, 0.15) is 23.4 Å². The van der Waals surface area contributed by atoms with Crippen molar-refractivity contribution in [2.45, 2.75) is 30.9 Å². The van der Waals surface area contributed by atoms with Crippen LogP contribution in [-0.4, -0.2) is 60.5 Å². The van der Waals surface area contributed by atoms with Crippen LogP contribution in [0.1, 0.15) is 29.2 Å². The van der Waals surface area contributed by atoms with E-state index in [9.17, 15) is 14.7 Å². The third-order valence-corrected chi connectivity index (χ3v) is 6.09. The Morgan fingerprint density at radius 3 is 2.65 bits per heavy atom. The Balaban J connectivity index is 1.45. The molecule has 5 N–H and O–H groups in total. The van der Waals surface area contributed by atoms with Crippen LogP contribution in [-0.2, 0) is 16.0 Å². The van der Waals surface area contributed by atoms with Gasteiger partial charge in [0.2, 0.25) is 5.91 Å². The highest BCUT2D eigenvalue weighted by atomic mass is 16.5. The van der Waals surface area contributed by atoms with Crippen molar-refractivity contribution in [3.63, 3.8) is 0 Å². The number of nitrogens with one attached hydrogen (secondary N) is 2. The number of carboxylic acid groups (broad SMARTS) is 1. The van der Waals surface area contributed by atoms with E-state index >= 15 is 0 Å². The van der Waals surface area contributed by atoms with Crippen molar-refractivity contribution >= 4 is 28.5 Å². The lowest BCUT2D eigenvalue weighted by Gasteiger charge is -2.17. The molecule has 2 heterocycles. The summed E-state index contributed by atoms with van der Waals surface area (Å²) in [6.45, 7) is 0.570. The van der Waals surface area contributed by atoms with E-state index in [1.807, 2.05) is 0 Å². The van der Waals surface area contributed by atoms with E-state index in [0.29, 0.717) is 35.6 Å². The lowest BCUT2D eigenvalue weighted by Crippen LogP contribution is -2.39. The number of amides is 1. The molecule has 0 bridgehead atoms.